The minimum atomic E-state index is -1.74. The molecule has 0 radical (unpaired) electrons. The molecule has 36 heavy (non-hydrogen) atoms. The van der Waals surface area contributed by atoms with Crippen LogP contribution in [0.15, 0.2) is 60.7 Å². The Morgan fingerprint density at radius 2 is 1.44 bits per heavy atom. The highest BCUT2D eigenvalue weighted by Crippen LogP contribution is 2.43. The first kappa shape index (κ1) is 24.1. The second-order valence-electron chi connectivity index (χ2n) is 8.82. The normalized spacial score (nSPS) is 25.3. The van der Waals surface area contributed by atoms with E-state index in [-0.39, 0.29) is 34.4 Å². The molecule has 0 unspecified atom stereocenters. The number of benzene rings is 3. The lowest BCUT2D eigenvalue weighted by Crippen LogP contribution is -2.60. The van der Waals surface area contributed by atoms with Crippen LogP contribution >= 0.6 is 0 Å². The number of aliphatic hydroxyl groups is 4. The zero-order valence-electron chi connectivity index (χ0n) is 18.9. The summed E-state index contributed by atoms with van der Waals surface area (Å²) < 4.78 is 11.3. The third kappa shape index (κ3) is 3.97. The predicted molar refractivity (Wildman–Crippen MR) is 125 cm³/mol. The lowest BCUT2D eigenvalue weighted by atomic mass is 9.82. The van der Waals surface area contributed by atoms with Crippen molar-refractivity contribution < 1.29 is 44.6 Å². The van der Waals surface area contributed by atoms with Gasteiger partial charge in [0.05, 0.1) is 12.2 Å². The molecule has 186 valence electrons. The third-order valence-electron chi connectivity index (χ3n) is 6.54. The molecule has 1 fully saturated rings. The third-order valence-corrected chi connectivity index (χ3v) is 6.54. The van der Waals surface area contributed by atoms with Gasteiger partial charge in [-0.1, -0.05) is 54.6 Å². The quantitative estimate of drug-likeness (QED) is 0.274. The van der Waals surface area contributed by atoms with Gasteiger partial charge >= 0.3 is 0 Å². The highest BCUT2D eigenvalue weighted by atomic mass is 16.7. The van der Waals surface area contributed by atoms with Crippen LogP contribution in [0.1, 0.15) is 43.0 Å². The van der Waals surface area contributed by atoms with Gasteiger partial charge < -0.3 is 35.0 Å². The number of aromatic hydroxyl groups is 1. The number of aliphatic hydroxyl groups excluding tert-OH is 4. The lowest BCUT2D eigenvalue weighted by Gasteiger charge is -2.40. The van der Waals surface area contributed by atoms with Crippen molar-refractivity contribution in [1.82, 2.24) is 0 Å². The molecule has 5 rings (SSSR count). The Morgan fingerprint density at radius 1 is 0.806 bits per heavy atom. The van der Waals surface area contributed by atoms with Crippen LogP contribution in [0.4, 0.5) is 0 Å². The summed E-state index contributed by atoms with van der Waals surface area (Å²) in [4.78, 5) is 26.6. The molecule has 0 bridgehead atoms. The van der Waals surface area contributed by atoms with Crippen molar-refractivity contribution in [2.75, 3.05) is 6.61 Å². The van der Waals surface area contributed by atoms with Crippen LogP contribution in [-0.4, -0.2) is 74.4 Å². The fourth-order valence-electron chi connectivity index (χ4n) is 4.63. The molecule has 5 N–H and O–H groups in total. The fourth-order valence-corrected chi connectivity index (χ4v) is 4.63. The first-order chi connectivity index (χ1) is 17.3. The highest BCUT2D eigenvalue weighted by Gasteiger charge is 2.45. The second kappa shape index (κ2) is 9.45. The van der Waals surface area contributed by atoms with Gasteiger partial charge in [0.1, 0.15) is 24.4 Å². The Morgan fingerprint density at radius 3 is 2.11 bits per heavy atom. The largest absolute Gasteiger partial charge is 0.504 e. The number of hydrogen-bond acceptors (Lipinski definition) is 9. The average Bonchev–Trinajstić information content (AvgIpc) is 2.89. The maximum Gasteiger partial charge on any atom is 0.229 e. The molecule has 9 nitrogen and oxygen atoms in total. The summed E-state index contributed by atoms with van der Waals surface area (Å²) in [6.07, 6.45) is -7.67. The molecule has 9 heteroatoms. The van der Waals surface area contributed by atoms with Crippen LogP contribution in [0.5, 0.6) is 11.5 Å². The summed E-state index contributed by atoms with van der Waals surface area (Å²) in [5.41, 5.74) is 1.28. The maximum atomic E-state index is 13.3. The van der Waals surface area contributed by atoms with Gasteiger partial charge in [-0.3, -0.25) is 9.59 Å². The first-order valence-corrected chi connectivity index (χ1v) is 11.4. The van der Waals surface area contributed by atoms with Gasteiger partial charge in [-0.15, -0.1) is 0 Å². The Bertz CT molecular complexity index is 1320. The smallest absolute Gasteiger partial charge is 0.229 e. The molecule has 1 heterocycles. The molecule has 5 atom stereocenters. The summed E-state index contributed by atoms with van der Waals surface area (Å²) in [7, 11) is 0. The molecule has 3 aromatic carbocycles. The van der Waals surface area contributed by atoms with Crippen LogP contribution in [0.3, 0.4) is 0 Å². The Kier molecular flexibility index (Phi) is 6.33. The van der Waals surface area contributed by atoms with Gasteiger partial charge in [-0.2, -0.15) is 0 Å². The molecular formula is C27H24O9. The van der Waals surface area contributed by atoms with Crippen LogP contribution in [0.25, 0.3) is 0 Å². The van der Waals surface area contributed by atoms with E-state index in [4.69, 9.17) is 9.47 Å². The van der Waals surface area contributed by atoms with Crippen molar-refractivity contribution in [3.05, 3.63) is 94.0 Å². The number of rotatable bonds is 5. The molecule has 0 saturated carbocycles. The van der Waals surface area contributed by atoms with Gasteiger partial charge in [0.25, 0.3) is 0 Å². The van der Waals surface area contributed by atoms with E-state index < -0.39 is 54.6 Å². The number of carbonyl (C=O) groups excluding carboxylic acids is 2. The Labute approximate surface area is 205 Å². The molecule has 0 amide bonds. The van der Waals surface area contributed by atoms with Crippen molar-refractivity contribution in [1.29, 1.82) is 0 Å². The lowest BCUT2D eigenvalue weighted by molar-refractivity contribution is -0.277. The van der Waals surface area contributed by atoms with Crippen molar-refractivity contribution in [2.45, 2.75) is 37.1 Å². The van der Waals surface area contributed by atoms with E-state index in [1.165, 1.54) is 12.1 Å². The summed E-state index contributed by atoms with van der Waals surface area (Å²) in [5, 5.41) is 51.5. The topological polar surface area (TPSA) is 154 Å². The van der Waals surface area contributed by atoms with Gasteiger partial charge in [0, 0.05) is 28.7 Å². The molecule has 1 aliphatic carbocycles. The first-order valence-electron chi connectivity index (χ1n) is 11.4. The van der Waals surface area contributed by atoms with Crippen molar-refractivity contribution in [3.63, 3.8) is 0 Å². The van der Waals surface area contributed by atoms with Crippen LogP contribution in [-0.2, 0) is 11.2 Å². The van der Waals surface area contributed by atoms with Gasteiger partial charge in [0.2, 0.25) is 6.29 Å². The minimum Gasteiger partial charge on any atom is -0.504 e. The van der Waals surface area contributed by atoms with Crippen LogP contribution < -0.4 is 4.74 Å². The molecular weight excluding hydrogens is 468 g/mol. The van der Waals surface area contributed by atoms with E-state index in [2.05, 4.69) is 0 Å². The van der Waals surface area contributed by atoms with Crippen molar-refractivity contribution >= 4 is 11.6 Å². The van der Waals surface area contributed by atoms with Crippen molar-refractivity contribution in [3.8, 4) is 11.5 Å². The van der Waals surface area contributed by atoms with E-state index in [1.54, 1.807) is 18.2 Å². The zero-order chi connectivity index (χ0) is 25.6. The Balaban J connectivity index is 1.63. The summed E-state index contributed by atoms with van der Waals surface area (Å²) in [6.45, 7) is -0.665. The van der Waals surface area contributed by atoms with Gasteiger partial charge in [-0.05, 0) is 11.6 Å². The number of hydrogen-bond donors (Lipinski definition) is 5. The number of phenolic OH excluding ortho intramolecular Hbond substituents is 1. The Hall–Kier alpha value is -3.60. The second-order valence-corrected chi connectivity index (χ2v) is 8.82. The van der Waals surface area contributed by atoms with E-state index in [0.29, 0.717) is 5.56 Å². The maximum absolute atomic E-state index is 13.3. The van der Waals surface area contributed by atoms with E-state index >= 15 is 0 Å². The zero-order valence-corrected chi connectivity index (χ0v) is 18.9. The van der Waals surface area contributed by atoms with Gasteiger partial charge in [0.15, 0.2) is 23.1 Å². The van der Waals surface area contributed by atoms with E-state index in [9.17, 15) is 35.1 Å². The summed E-state index contributed by atoms with van der Waals surface area (Å²) >= 11 is 0. The fraction of sp³-hybridized carbons (Fsp3) is 0.259. The number of ether oxygens (including phenoxy) is 2. The summed E-state index contributed by atoms with van der Waals surface area (Å²) in [5.74, 6) is -1.82. The number of fused-ring (bicyclic) bond motifs is 2. The molecule has 1 saturated heterocycles. The SMILES string of the molecule is O=C1c2ccccc2C(=O)c2c1cc(Cc1ccccc1)c(O[C@@H]1O[C@@H](CO)[C@H](O)[C@@H](O)[C@@H]1O)c2O. The number of phenols is 1. The molecule has 3 aromatic rings. The molecule has 2 aliphatic rings. The standard InChI is InChI=1S/C27H24O9/c28-12-18-22(31)24(33)25(34)27(35-18)36-26-14(10-13-6-2-1-3-7-13)11-17-19(23(26)32)21(30)16-9-5-4-8-15(16)20(17)29/h1-9,11,18,22,24-25,27-28,31-34H,10,12H2/t18-,22-,24+,25-,27-/m0/s1. The summed E-state index contributed by atoms with van der Waals surface area (Å²) in [6, 6.07) is 16.9. The molecule has 1 aliphatic heterocycles. The van der Waals surface area contributed by atoms with E-state index in [1.807, 2.05) is 30.3 Å². The van der Waals surface area contributed by atoms with Crippen LogP contribution in [0.2, 0.25) is 0 Å². The molecule has 0 aromatic heterocycles. The highest BCUT2D eigenvalue weighted by molar-refractivity contribution is 6.29. The van der Waals surface area contributed by atoms with Crippen LogP contribution in [0, 0.1) is 0 Å². The minimum absolute atomic E-state index is 0.0169. The average molecular weight is 492 g/mol. The predicted octanol–water partition coefficient (Wildman–Crippen LogP) is 0.937. The monoisotopic (exact) mass is 492 g/mol. The molecule has 0 spiro atoms. The number of carbonyl (C=O) groups is 2. The number of ketones is 2. The van der Waals surface area contributed by atoms with E-state index in [0.717, 1.165) is 5.56 Å². The van der Waals surface area contributed by atoms with Gasteiger partial charge in [-0.25, -0.2) is 0 Å². The van der Waals surface area contributed by atoms with Crippen molar-refractivity contribution in [2.24, 2.45) is 0 Å².